The number of carboxylic acid groups (broad SMARTS) is 1. The maximum absolute atomic E-state index is 10.3. The minimum atomic E-state index is -0.798. The number of hydrogen-bond acceptors (Lipinski definition) is 3. The second kappa shape index (κ2) is 7.46. The molecule has 0 atom stereocenters. The number of benzene rings is 1. The van der Waals surface area contributed by atoms with Gasteiger partial charge in [-0.25, -0.2) is 0 Å². The first-order valence-electron chi connectivity index (χ1n) is 5.48. The van der Waals surface area contributed by atoms with E-state index in [0.29, 0.717) is 19.7 Å². The van der Waals surface area contributed by atoms with E-state index in [4.69, 9.17) is 9.84 Å². The molecule has 0 saturated heterocycles. The van der Waals surface area contributed by atoms with Crippen LogP contribution in [0.25, 0.3) is 0 Å². The predicted octanol–water partition coefficient (Wildman–Crippen LogP) is 1.82. The Morgan fingerprint density at radius 3 is 2.94 bits per heavy atom. The average molecular weight is 235 g/mol. The molecule has 0 aromatic heterocycles. The summed E-state index contributed by atoms with van der Waals surface area (Å²) in [6.07, 6.45) is 1.81. The van der Waals surface area contributed by atoms with Crippen LogP contribution in [0, 0.1) is 0 Å². The Kier molecular flexibility index (Phi) is 5.82. The van der Waals surface area contributed by atoms with E-state index in [0.717, 1.165) is 11.3 Å². The summed E-state index contributed by atoms with van der Waals surface area (Å²) in [6.45, 7) is 5.11. The van der Waals surface area contributed by atoms with Gasteiger partial charge in [0.25, 0.3) is 0 Å². The Labute approximate surface area is 101 Å². The molecule has 0 saturated carbocycles. The van der Waals surface area contributed by atoms with E-state index >= 15 is 0 Å². The van der Waals surface area contributed by atoms with Gasteiger partial charge in [0.1, 0.15) is 12.4 Å². The zero-order chi connectivity index (χ0) is 12.5. The van der Waals surface area contributed by atoms with Crippen molar-refractivity contribution < 1.29 is 14.6 Å². The summed E-state index contributed by atoms with van der Waals surface area (Å²) in [5, 5.41) is 11.6. The van der Waals surface area contributed by atoms with Gasteiger partial charge in [0.05, 0.1) is 6.42 Å². The third-order valence-corrected chi connectivity index (χ3v) is 2.16. The van der Waals surface area contributed by atoms with E-state index in [-0.39, 0.29) is 6.42 Å². The van der Waals surface area contributed by atoms with Crippen LogP contribution in [0.1, 0.15) is 12.0 Å². The number of hydrogen-bond donors (Lipinski definition) is 2. The molecule has 4 nitrogen and oxygen atoms in total. The second-order valence-corrected chi connectivity index (χ2v) is 3.53. The van der Waals surface area contributed by atoms with Gasteiger partial charge in [-0.1, -0.05) is 30.9 Å². The quantitative estimate of drug-likeness (QED) is 0.533. The Bertz CT molecular complexity index is 377. The van der Waals surface area contributed by atoms with E-state index in [1.807, 2.05) is 24.3 Å². The molecular weight excluding hydrogens is 218 g/mol. The van der Waals surface area contributed by atoms with E-state index in [1.165, 1.54) is 0 Å². The number of ether oxygens (including phenoxy) is 1. The molecule has 0 spiro atoms. The number of para-hydroxylation sites is 1. The summed E-state index contributed by atoms with van der Waals surface area (Å²) in [5.74, 6) is 0.00363. The normalized spacial score (nSPS) is 9.88. The lowest BCUT2D eigenvalue weighted by Crippen LogP contribution is -2.18. The first kappa shape index (κ1) is 13.3. The monoisotopic (exact) mass is 235 g/mol. The zero-order valence-corrected chi connectivity index (χ0v) is 9.69. The van der Waals surface area contributed by atoms with Crippen LogP contribution in [0.2, 0.25) is 0 Å². The maximum Gasteiger partial charge on any atom is 0.304 e. The number of carboxylic acids is 1. The van der Waals surface area contributed by atoms with Crippen molar-refractivity contribution >= 4 is 5.97 Å². The Balaban J connectivity index is 2.45. The summed E-state index contributed by atoms with van der Waals surface area (Å²) in [6, 6.07) is 7.66. The molecule has 0 amide bonds. The third-order valence-electron chi connectivity index (χ3n) is 2.16. The van der Waals surface area contributed by atoms with Crippen LogP contribution in [0.4, 0.5) is 0 Å². The smallest absolute Gasteiger partial charge is 0.304 e. The minimum absolute atomic E-state index is 0.121. The van der Waals surface area contributed by atoms with Crippen molar-refractivity contribution in [3.63, 3.8) is 0 Å². The largest absolute Gasteiger partial charge is 0.489 e. The van der Waals surface area contributed by atoms with Gasteiger partial charge in [-0.2, -0.15) is 0 Å². The van der Waals surface area contributed by atoms with Crippen LogP contribution in [0.5, 0.6) is 5.75 Å². The number of aliphatic carboxylic acids is 1. The predicted molar refractivity (Wildman–Crippen MR) is 66.1 cm³/mol. The first-order chi connectivity index (χ1) is 8.24. The highest BCUT2D eigenvalue weighted by Crippen LogP contribution is 2.17. The van der Waals surface area contributed by atoms with E-state index < -0.39 is 5.97 Å². The van der Waals surface area contributed by atoms with Crippen LogP contribution in [0.3, 0.4) is 0 Å². The van der Waals surface area contributed by atoms with E-state index in [2.05, 4.69) is 11.9 Å². The van der Waals surface area contributed by atoms with Gasteiger partial charge in [0, 0.05) is 18.7 Å². The minimum Gasteiger partial charge on any atom is -0.489 e. The fourth-order valence-electron chi connectivity index (χ4n) is 1.36. The topological polar surface area (TPSA) is 58.6 Å². The summed E-state index contributed by atoms with van der Waals surface area (Å²) in [5.41, 5.74) is 1.01. The SMILES string of the molecule is C=CCOc1ccccc1CNCCC(=O)O. The van der Waals surface area contributed by atoms with Gasteiger partial charge in [-0.05, 0) is 6.07 Å². The average Bonchev–Trinajstić information content (AvgIpc) is 2.33. The summed E-state index contributed by atoms with van der Waals surface area (Å²) >= 11 is 0. The Morgan fingerprint density at radius 2 is 2.24 bits per heavy atom. The number of carbonyl (C=O) groups is 1. The Hall–Kier alpha value is -1.81. The standard InChI is InChI=1S/C13H17NO3/c1-2-9-17-12-6-4-3-5-11(12)10-14-8-7-13(15)16/h2-6,14H,1,7-10H2,(H,15,16). The van der Waals surface area contributed by atoms with Crippen molar-refractivity contribution in [3.8, 4) is 5.75 Å². The molecule has 17 heavy (non-hydrogen) atoms. The van der Waals surface area contributed by atoms with Crippen LogP contribution in [-0.4, -0.2) is 24.2 Å². The van der Waals surface area contributed by atoms with Crippen molar-refractivity contribution in [2.45, 2.75) is 13.0 Å². The van der Waals surface area contributed by atoms with Crippen molar-refractivity contribution in [3.05, 3.63) is 42.5 Å². The van der Waals surface area contributed by atoms with Gasteiger partial charge in [0.2, 0.25) is 0 Å². The fraction of sp³-hybridized carbons (Fsp3) is 0.308. The molecule has 0 unspecified atom stereocenters. The van der Waals surface area contributed by atoms with Gasteiger partial charge in [-0.15, -0.1) is 0 Å². The third kappa shape index (κ3) is 5.17. The van der Waals surface area contributed by atoms with Crippen LogP contribution in [-0.2, 0) is 11.3 Å². The van der Waals surface area contributed by atoms with Gasteiger partial charge in [-0.3, -0.25) is 4.79 Å². The molecule has 0 heterocycles. The van der Waals surface area contributed by atoms with Crippen molar-refractivity contribution in [2.24, 2.45) is 0 Å². The zero-order valence-electron chi connectivity index (χ0n) is 9.69. The molecule has 0 radical (unpaired) electrons. The lowest BCUT2D eigenvalue weighted by atomic mass is 10.2. The lowest BCUT2D eigenvalue weighted by molar-refractivity contribution is -0.136. The summed E-state index contributed by atoms with van der Waals surface area (Å²) < 4.78 is 5.49. The molecule has 0 aliphatic carbocycles. The van der Waals surface area contributed by atoms with Crippen molar-refractivity contribution in [1.29, 1.82) is 0 Å². The lowest BCUT2D eigenvalue weighted by Gasteiger charge is -2.10. The molecular formula is C13H17NO3. The molecule has 1 aromatic rings. The number of rotatable bonds is 8. The molecule has 0 bridgehead atoms. The maximum atomic E-state index is 10.3. The summed E-state index contributed by atoms with van der Waals surface area (Å²) in [7, 11) is 0. The highest BCUT2D eigenvalue weighted by Gasteiger charge is 2.02. The first-order valence-corrected chi connectivity index (χ1v) is 5.48. The van der Waals surface area contributed by atoms with Gasteiger partial charge >= 0.3 is 5.97 Å². The van der Waals surface area contributed by atoms with Crippen LogP contribution in [0.15, 0.2) is 36.9 Å². The van der Waals surface area contributed by atoms with Crippen LogP contribution >= 0.6 is 0 Å². The molecule has 1 aromatic carbocycles. The molecule has 92 valence electrons. The van der Waals surface area contributed by atoms with Crippen molar-refractivity contribution in [1.82, 2.24) is 5.32 Å². The molecule has 2 N–H and O–H groups in total. The van der Waals surface area contributed by atoms with Crippen LogP contribution < -0.4 is 10.1 Å². The molecule has 0 fully saturated rings. The molecule has 0 aliphatic rings. The summed E-state index contributed by atoms with van der Waals surface area (Å²) in [4.78, 5) is 10.3. The Morgan fingerprint density at radius 1 is 1.47 bits per heavy atom. The molecule has 4 heteroatoms. The van der Waals surface area contributed by atoms with E-state index in [9.17, 15) is 4.79 Å². The second-order valence-electron chi connectivity index (χ2n) is 3.53. The molecule has 1 rings (SSSR count). The van der Waals surface area contributed by atoms with Gasteiger partial charge < -0.3 is 15.2 Å². The fourth-order valence-corrected chi connectivity index (χ4v) is 1.36. The highest BCUT2D eigenvalue weighted by atomic mass is 16.5. The number of nitrogens with one attached hydrogen (secondary N) is 1. The van der Waals surface area contributed by atoms with E-state index in [1.54, 1.807) is 6.08 Å². The molecule has 0 aliphatic heterocycles. The van der Waals surface area contributed by atoms with Gasteiger partial charge in [0.15, 0.2) is 0 Å². The van der Waals surface area contributed by atoms with Crippen molar-refractivity contribution in [2.75, 3.05) is 13.2 Å². The highest BCUT2D eigenvalue weighted by molar-refractivity contribution is 5.66.